The van der Waals surface area contributed by atoms with Gasteiger partial charge in [-0.15, -0.1) is 0 Å². The van der Waals surface area contributed by atoms with Crippen LogP contribution in [0.5, 0.6) is 5.75 Å². The van der Waals surface area contributed by atoms with E-state index in [4.69, 9.17) is 20.8 Å². The molecule has 1 atom stereocenters. The first-order chi connectivity index (χ1) is 20.1. The highest BCUT2D eigenvalue weighted by atomic mass is 35.5. The van der Waals surface area contributed by atoms with Gasteiger partial charge in [0.1, 0.15) is 17.9 Å². The van der Waals surface area contributed by atoms with Crippen LogP contribution in [0, 0.1) is 0 Å². The maximum atomic E-state index is 14.1. The highest BCUT2D eigenvalue weighted by molar-refractivity contribution is 7.89. The summed E-state index contributed by atoms with van der Waals surface area (Å²) in [7, 11) is 0.351. The van der Waals surface area contributed by atoms with Crippen LogP contribution < -0.4 is 9.46 Å². The normalized spacial score (nSPS) is 14.8. The molecule has 222 valence electrons. The van der Waals surface area contributed by atoms with Crippen molar-refractivity contribution in [3.8, 4) is 5.75 Å². The molecule has 8 nitrogen and oxygen atoms in total. The molecular weight excluding hydrogens is 574 g/mol. The van der Waals surface area contributed by atoms with E-state index in [1.807, 2.05) is 68.4 Å². The molecule has 1 N–H and O–H groups in total. The van der Waals surface area contributed by atoms with Gasteiger partial charge in [-0.2, -0.15) is 0 Å². The summed E-state index contributed by atoms with van der Waals surface area (Å²) < 4.78 is 40.4. The van der Waals surface area contributed by atoms with Gasteiger partial charge in [-0.3, -0.25) is 4.79 Å². The van der Waals surface area contributed by atoms with Gasteiger partial charge in [-0.05, 0) is 86.9 Å². The number of sulfonamides is 1. The van der Waals surface area contributed by atoms with Crippen LogP contribution in [0.3, 0.4) is 0 Å². The minimum atomic E-state index is -3.61. The predicted molar refractivity (Wildman–Crippen MR) is 165 cm³/mol. The number of rotatable bonds is 12. The largest absolute Gasteiger partial charge is 0.492 e. The van der Waals surface area contributed by atoms with Gasteiger partial charge in [-0.1, -0.05) is 42.8 Å². The van der Waals surface area contributed by atoms with Crippen LogP contribution in [0.1, 0.15) is 40.6 Å². The van der Waals surface area contributed by atoms with Gasteiger partial charge in [-0.25, -0.2) is 13.1 Å². The van der Waals surface area contributed by atoms with Crippen molar-refractivity contribution in [2.24, 2.45) is 0 Å². The van der Waals surface area contributed by atoms with Gasteiger partial charge < -0.3 is 19.0 Å². The topological polar surface area (TPSA) is 92.1 Å². The molecule has 0 spiro atoms. The van der Waals surface area contributed by atoms with Crippen LogP contribution in [-0.2, 0) is 29.4 Å². The van der Waals surface area contributed by atoms with Crippen LogP contribution in [-0.4, -0.2) is 64.0 Å². The number of nitrogens with one attached hydrogen (secondary N) is 1. The molecule has 42 heavy (non-hydrogen) atoms. The molecule has 0 radical (unpaired) electrons. The molecule has 4 aromatic rings. The number of para-hydroxylation sites is 1. The summed E-state index contributed by atoms with van der Waals surface area (Å²) in [5.41, 5.74) is 3.36. The van der Waals surface area contributed by atoms with Crippen LogP contribution in [0.25, 0.3) is 11.0 Å². The monoisotopic (exact) mass is 609 g/mol. The molecule has 0 fully saturated rings. The number of benzene rings is 3. The van der Waals surface area contributed by atoms with E-state index in [1.54, 1.807) is 29.2 Å². The van der Waals surface area contributed by atoms with Crippen LogP contribution >= 0.6 is 11.6 Å². The Bertz CT molecular complexity index is 1650. The quantitative estimate of drug-likeness (QED) is 0.227. The van der Waals surface area contributed by atoms with E-state index in [9.17, 15) is 13.2 Å². The molecule has 10 heteroatoms. The molecule has 1 aromatic heterocycles. The predicted octanol–water partition coefficient (Wildman–Crippen LogP) is 5.52. The summed E-state index contributed by atoms with van der Waals surface area (Å²) in [5.74, 6) is 0.659. The van der Waals surface area contributed by atoms with E-state index in [0.717, 1.165) is 28.6 Å². The molecule has 0 aliphatic heterocycles. The summed E-state index contributed by atoms with van der Waals surface area (Å²) in [6.07, 6.45) is 1.80. The Kier molecular flexibility index (Phi) is 9.22. The van der Waals surface area contributed by atoms with Crippen LogP contribution in [0.15, 0.2) is 76.0 Å². The van der Waals surface area contributed by atoms with Gasteiger partial charge in [0, 0.05) is 35.1 Å². The maximum Gasteiger partial charge on any atom is 0.290 e. The first-order valence-corrected chi connectivity index (χ1v) is 16.0. The summed E-state index contributed by atoms with van der Waals surface area (Å²) in [6.45, 7) is 3.76. The standard InChI is InChI=1S/C32H36ClN3O5S/c1-4-13-34-42(38,39)28-11-9-22-17-27(18-24(22)19-28)36(32(37)31-20-23-7-5-6-8-30(23)41-31)21-25-16-26(33)10-12-29(25)40-15-14-35(2)3/h5-12,16,19-20,27,34H,4,13-15,17-18,21H2,1-3H3. The van der Waals surface area contributed by atoms with Crippen molar-refractivity contribution in [2.45, 2.75) is 43.7 Å². The first-order valence-electron chi connectivity index (χ1n) is 14.1. The average Bonchev–Trinajstić information content (AvgIpc) is 3.59. The van der Waals surface area contributed by atoms with E-state index in [-0.39, 0.29) is 29.1 Å². The number of hydrogen-bond acceptors (Lipinski definition) is 6. The van der Waals surface area contributed by atoms with Crippen molar-refractivity contribution in [2.75, 3.05) is 33.8 Å². The Morgan fingerprint density at radius 3 is 2.60 bits per heavy atom. The zero-order valence-corrected chi connectivity index (χ0v) is 25.7. The average molecular weight is 610 g/mol. The lowest BCUT2D eigenvalue weighted by Gasteiger charge is -2.29. The van der Waals surface area contributed by atoms with Crippen molar-refractivity contribution in [3.63, 3.8) is 0 Å². The van der Waals surface area contributed by atoms with Crippen molar-refractivity contribution < 1.29 is 22.4 Å². The summed E-state index contributed by atoms with van der Waals surface area (Å²) in [5, 5.41) is 1.39. The highest BCUT2D eigenvalue weighted by Crippen LogP contribution is 2.33. The number of halogens is 1. The lowest BCUT2D eigenvalue weighted by atomic mass is 10.1. The Morgan fingerprint density at radius 2 is 1.83 bits per heavy atom. The number of carbonyl (C=O) groups is 1. The number of ether oxygens (including phenoxy) is 1. The second-order valence-corrected chi connectivity index (χ2v) is 13.1. The minimum absolute atomic E-state index is 0.226. The number of carbonyl (C=O) groups excluding carboxylic acids is 1. The van der Waals surface area contributed by atoms with Crippen molar-refractivity contribution in [3.05, 3.63) is 94.2 Å². The van der Waals surface area contributed by atoms with Gasteiger partial charge in [0.2, 0.25) is 10.0 Å². The van der Waals surface area contributed by atoms with E-state index in [1.165, 1.54) is 0 Å². The minimum Gasteiger partial charge on any atom is -0.492 e. The molecule has 1 aliphatic carbocycles. The van der Waals surface area contributed by atoms with E-state index < -0.39 is 10.0 Å². The Morgan fingerprint density at radius 1 is 1.05 bits per heavy atom. The maximum absolute atomic E-state index is 14.1. The SMILES string of the molecule is CCCNS(=O)(=O)c1ccc2c(c1)CC(N(Cc1cc(Cl)ccc1OCCN(C)C)C(=O)c1cc3ccccc3o1)C2. The van der Waals surface area contributed by atoms with E-state index in [2.05, 4.69) is 4.72 Å². The molecule has 3 aromatic carbocycles. The number of amides is 1. The third-order valence-electron chi connectivity index (χ3n) is 7.44. The van der Waals surface area contributed by atoms with Crippen molar-refractivity contribution in [1.82, 2.24) is 14.5 Å². The molecule has 1 aliphatic rings. The lowest BCUT2D eigenvalue weighted by molar-refractivity contribution is 0.0635. The van der Waals surface area contributed by atoms with Gasteiger partial charge in [0.15, 0.2) is 5.76 Å². The lowest BCUT2D eigenvalue weighted by Crippen LogP contribution is -2.40. The number of nitrogens with zero attached hydrogens (tertiary/aromatic N) is 2. The van der Waals surface area contributed by atoms with Crippen LogP contribution in [0.4, 0.5) is 0 Å². The fourth-order valence-corrected chi connectivity index (χ4v) is 6.59. The molecule has 5 rings (SSSR count). The fraction of sp³-hybridized carbons (Fsp3) is 0.344. The van der Waals surface area contributed by atoms with Gasteiger partial charge in [0.25, 0.3) is 5.91 Å². The molecule has 1 heterocycles. The molecular formula is C32H36ClN3O5S. The van der Waals surface area contributed by atoms with Gasteiger partial charge >= 0.3 is 0 Å². The van der Waals surface area contributed by atoms with Gasteiger partial charge in [0.05, 0.1) is 11.4 Å². The van der Waals surface area contributed by atoms with E-state index >= 15 is 0 Å². The third kappa shape index (κ3) is 6.81. The Hall–Kier alpha value is -3.37. The number of likely N-dealkylation sites (N-methyl/N-ethyl adjacent to an activating group) is 1. The molecule has 0 saturated heterocycles. The summed E-state index contributed by atoms with van der Waals surface area (Å²) in [4.78, 5) is 18.2. The molecule has 1 amide bonds. The second kappa shape index (κ2) is 12.9. The highest BCUT2D eigenvalue weighted by Gasteiger charge is 2.33. The molecule has 1 unspecified atom stereocenters. The number of furan rings is 1. The third-order valence-corrected chi connectivity index (χ3v) is 9.13. The first kappa shape index (κ1) is 30.1. The zero-order valence-electron chi connectivity index (χ0n) is 24.1. The Balaban J connectivity index is 1.47. The molecule has 0 saturated carbocycles. The number of fused-ring (bicyclic) bond motifs is 2. The Labute approximate surface area is 252 Å². The smallest absolute Gasteiger partial charge is 0.290 e. The summed E-state index contributed by atoms with van der Waals surface area (Å²) >= 11 is 6.42. The summed E-state index contributed by atoms with van der Waals surface area (Å²) in [6, 6.07) is 19.7. The van der Waals surface area contributed by atoms with Crippen molar-refractivity contribution >= 4 is 38.5 Å². The van der Waals surface area contributed by atoms with E-state index in [0.29, 0.717) is 48.8 Å². The zero-order chi connectivity index (χ0) is 29.9. The second-order valence-electron chi connectivity index (χ2n) is 10.9. The number of hydrogen-bond donors (Lipinski definition) is 1. The van der Waals surface area contributed by atoms with Crippen molar-refractivity contribution in [1.29, 1.82) is 0 Å². The fourth-order valence-electron chi connectivity index (χ4n) is 5.21. The van der Waals surface area contributed by atoms with Crippen LogP contribution in [0.2, 0.25) is 5.02 Å². The molecule has 0 bridgehead atoms.